The molecule has 0 radical (unpaired) electrons. The lowest BCUT2D eigenvalue weighted by atomic mass is 9.51. The van der Waals surface area contributed by atoms with Crippen molar-refractivity contribution < 1.29 is 13.2 Å². The van der Waals surface area contributed by atoms with Crippen LogP contribution in [-0.4, -0.2) is 53.1 Å². The van der Waals surface area contributed by atoms with Crippen molar-refractivity contribution in [3.63, 3.8) is 0 Å². The molecule has 2 aromatic carbocycles. The summed E-state index contributed by atoms with van der Waals surface area (Å²) in [7, 11) is -3.06. The zero-order valence-corrected chi connectivity index (χ0v) is 27.8. The van der Waals surface area contributed by atoms with Crippen molar-refractivity contribution in [2.75, 3.05) is 22.0 Å². The first-order valence-corrected chi connectivity index (χ1v) is 21.2. The molecule has 6 nitrogen and oxygen atoms in total. The number of ether oxygens (including phenoxy) is 1. The number of para-hydroxylation sites is 1. The van der Waals surface area contributed by atoms with E-state index in [4.69, 9.17) is 4.74 Å². The van der Waals surface area contributed by atoms with E-state index in [9.17, 15) is 13.7 Å². The van der Waals surface area contributed by atoms with E-state index >= 15 is 0 Å². The third-order valence-corrected chi connectivity index (χ3v) is 15.4. The number of benzene rings is 2. The van der Waals surface area contributed by atoms with Crippen LogP contribution in [0.25, 0.3) is 0 Å². The normalized spacial score (nSPS) is 34.4. The standard InChI is InChI=1S/C34H45N3O3SSi/c1-32(2)31(40-32)24-13-10-19-34(29(22-35)36(3)27-16-9-12-23(24)30(27)34)33-18-11-17-28(33)37(26-15-8-7-14-25(26)33)41(38,39)20-21-42(4,5)6/h7-9,12,14-16,24,28-29,31H,10-11,13,17-21H2,1-6H3/t24-,28+,29+,31+,33-,34+/m0/s1. The van der Waals surface area contributed by atoms with Crippen LogP contribution in [0, 0.1) is 11.3 Å². The predicted molar refractivity (Wildman–Crippen MR) is 172 cm³/mol. The van der Waals surface area contributed by atoms with Crippen molar-refractivity contribution in [1.29, 1.82) is 5.26 Å². The Labute approximate surface area is 253 Å². The molecule has 42 heavy (non-hydrogen) atoms. The lowest BCUT2D eigenvalue weighted by molar-refractivity contribution is 0.181. The predicted octanol–water partition coefficient (Wildman–Crippen LogP) is 6.69. The number of likely N-dealkylation sites (N-methyl/N-ethyl adjacent to an activating group) is 1. The molecule has 7 rings (SSSR count). The van der Waals surface area contributed by atoms with E-state index in [-0.39, 0.29) is 35.5 Å². The first-order valence-electron chi connectivity index (χ1n) is 15.9. The molecule has 3 heterocycles. The molecule has 1 saturated carbocycles. The Morgan fingerprint density at radius 1 is 1.00 bits per heavy atom. The maximum atomic E-state index is 14.4. The second-order valence-corrected chi connectivity index (χ2v) is 22.9. The molecule has 0 amide bonds. The summed E-state index contributed by atoms with van der Waals surface area (Å²) in [4.78, 5) is 2.22. The molecule has 224 valence electrons. The largest absolute Gasteiger partial charge is 0.366 e. The van der Waals surface area contributed by atoms with Crippen molar-refractivity contribution >= 4 is 29.5 Å². The highest BCUT2D eigenvalue weighted by Gasteiger charge is 2.72. The Kier molecular flexibility index (Phi) is 6.15. The van der Waals surface area contributed by atoms with Crippen LogP contribution in [0.5, 0.6) is 0 Å². The van der Waals surface area contributed by atoms with E-state index in [0.717, 1.165) is 61.5 Å². The number of anilines is 2. The van der Waals surface area contributed by atoms with E-state index in [1.54, 1.807) is 0 Å². The fourth-order valence-electron chi connectivity index (χ4n) is 9.80. The van der Waals surface area contributed by atoms with Crippen LogP contribution >= 0.6 is 0 Å². The lowest BCUT2D eigenvalue weighted by Gasteiger charge is -2.51. The fraction of sp³-hybridized carbons (Fsp3) is 0.618. The minimum atomic E-state index is -3.56. The molecule has 0 bridgehead atoms. The molecule has 6 atom stereocenters. The molecule has 3 aliphatic heterocycles. The zero-order chi connectivity index (χ0) is 29.9. The van der Waals surface area contributed by atoms with Gasteiger partial charge in [0, 0.05) is 37.6 Å². The topological polar surface area (TPSA) is 76.9 Å². The average molecular weight is 604 g/mol. The maximum absolute atomic E-state index is 14.4. The van der Waals surface area contributed by atoms with Gasteiger partial charge in [-0.05, 0) is 74.4 Å². The Morgan fingerprint density at radius 3 is 2.36 bits per heavy atom. The van der Waals surface area contributed by atoms with Gasteiger partial charge in [0.2, 0.25) is 10.0 Å². The first-order chi connectivity index (χ1) is 19.8. The first kappa shape index (κ1) is 28.4. The zero-order valence-electron chi connectivity index (χ0n) is 26.0. The molecule has 1 saturated heterocycles. The molecule has 0 N–H and O–H groups in total. The van der Waals surface area contributed by atoms with E-state index in [2.05, 4.69) is 81.8 Å². The van der Waals surface area contributed by atoms with Gasteiger partial charge < -0.3 is 9.64 Å². The molecule has 2 aromatic rings. The highest BCUT2D eigenvalue weighted by atomic mass is 32.2. The number of nitriles is 1. The number of hydrogen-bond donors (Lipinski definition) is 0. The number of epoxide rings is 1. The summed E-state index contributed by atoms with van der Waals surface area (Å²) in [5.41, 5.74) is 4.62. The summed E-state index contributed by atoms with van der Waals surface area (Å²) in [6, 6.07) is 17.9. The molecule has 5 aliphatic rings. The molecule has 0 aromatic heterocycles. The van der Waals surface area contributed by atoms with Crippen molar-refractivity contribution in [3.8, 4) is 6.07 Å². The second-order valence-electron chi connectivity index (χ2n) is 15.3. The van der Waals surface area contributed by atoms with Gasteiger partial charge in [-0.2, -0.15) is 5.26 Å². The van der Waals surface area contributed by atoms with Gasteiger partial charge in [-0.1, -0.05) is 62.8 Å². The second kappa shape index (κ2) is 9.09. The van der Waals surface area contributed by atoms with Crippen LogP contribution in [0.2, 0.25) is 25.7 Å². The highest BCUT2D eigenvalue weighted by molar-refractivity contribution is 7.92. The lowest BCUT2D eigenvalue weighted by Crippen LogP contribution is -2.61. The number of hydrogen-bond acceptors (Lipinski definition) is 5. The van der Waals surface area contributed by atoms with E-state index in [0.29, 0.717) is 0 Å². The van der Waals surface area contributed by atoms with Gasteiger partial charge in [0.1, 0.15) is 6.04 Å². The molecule has 2 aliphatic carbocycles. The third kappa shape index (κ3) is 3.66. The number of nitrogens with zero attached hydrogens (tertiary/aromatic N) is 3. The maximum Gasteiger partial charge on any atom is 0.235 e. The molecule has 0 spiro atoms. The highest BCUT2D eigenvalue weighted by Crippen LogP contribution is 2.70. The van der Waals surface area contributed by atoms with Crippen LogP contribution < -0.4 is 9.21 Å². The summed E-state index contributed by atoms with van der Waals surface area (Å²) in [5, 5.41) is 11.0. The van der Waals surface area contributed by atoms with Crippen molar-refractivity contribution in [1.82, 2.24) is 0 Å². The van der Waals surface area contributed by atoms with Crippen LogP contribution in [0.4, 0.5) is 11.4 Å². The summed E-state index contributed by atoms with van der Waals surface area (Å²) in [6.45, 7) is 11.1. The number of sulfonamides is 1. The molecular weight excluding hydrogens is 559 g/mol. The third-order valence-electron chi connectivity index (χ3n) is 11.5. The number of rotatable bonds is 6. The Bertz CT molecular complexity index is 1590. The summed E-state index contributed by atoms with van der Waals surface area (Å²) in [5.74, 6) is 0.461. The number of fused-ring (bicyclic) bond motifs is 4. The molecule has 8 heteroatoms. The van der Waals surface area contributed by atoms with Crippen molar-refractivity contribution in [2.24, 2.45) is 0 Å². The minimum absolute atomic E-state index is 0.144. The minimum Gasteiger partial charge on any atom is -0.366 e. The summed E-state index contributed by atoms with van der Waals surface area (Å²) in [6.07, 6.45) is 5.72. The van der Waals surface area contributed by atoms with Crippen LogP contribution in [-0.2, 0) is 25.6 Å². The van der Waals surface area contributed by atoms with Crippen molar-refractivity contribution in [3.05, 3.63) is 59.2 Å². The van der Waals surface area contributed by atoms with Gasteiger partial charge in [0.15, 0.2) is 0 Å². The summed E-state index contributed by atoms with van der Waals surface area (Å²) < 4.78 is 37.0. The van der Waals surface area contributed by atoms with Gasteiger partial charge in [-0.15, -0.1) is 0 Å². The van der Waals surface area contributed by atoms with Crippen LogP contribution in [0.3, 0.4) is 0 Å². The van der Waals surface area contributed by atoms with Crippen molar-refractivity contribution in [2.45, 2.75) is 119 Å². The van der Waals surface area contributed by atoms with E-state index < -0.39 is 28.9 Å². The average Bonchev–Trinajstić information content (AvgIpc) is 3.18. The molecule has 2 fully saturated rings. The fourth-order valence-corrected chi connectivity index (χ4v) is 14.6. The Hall–Kier alpha value is -2.34. The van der Waals surface area contributed by atoms with Gasteiger partial charge in [0.05, 0.1) is 35.3 Å². The Morgan fingerprint density at radius 2 is 1.67 bits per heavy atom. The van der Waals surface area contributed by atoms with Crippen LogP contribution in [0.15, 0.2) is 42.5 Å². The van der Waals surface area contributed by atoms with E-state index in [1.165, 1.54) is 11.1 Å². The van der Waals surface area contributed by atoms with Gasteiger partial charge in [-0.3, -0.25) is 4.31 Å². The monoisotopic (exact) mass is 603 g/mol. The molecule has 0 unspecified atom stereocenters. The molecular formula is C34H45N3O3SSi. The Balaban J connectivity index is 1.48. The smallest absolute Gasteiger partial charge is 0.235 e. The van der Waals surface area contributed by atoms with Gasteiger partial charge >= 0.3 is 0 Å². The SMILES string of the molecule is CN1c2cccc3c2[C@@]([C@]24CCC[C@H]2N(S(=O)(=O)CC[Si](C)(C)C)c2ccccc24)(CCC[C@@H]3[C@H]2OC2(C)C)[C@H]1C#N. The van der Waals surface area contributed by atoms with Gasteiger partial charge in [0.25, 0.3) is 0 Å². The van der Waals surface area contributed by atoms with Crippen LogP contribution in [0.1, 0.15) is 75.0 Å². The van der Waals surface area contributed by atoms with Gasteiger partial charge in [-0.25, -0.2) is 8.42 Å². The quantitative estimate of drug-likeness (QED) is 0.272. The van der Waals surface area contributed by atoms with E-state index in [1.807, 2.05) is 16.4 Å². The summed E-state index contributed by atoms with van der Waals surface area (Å²) >= 11 is 0.